The average molecular weight is 518 g/mol. The van der Waals surface area contributed by atoms with Crippen LogP contribution in [0.4, 0.5) is 0 Å². The van der Waals surface area contributed by atoms with Crippen molar-refractivity contribution in [1.82, 2.24) is 14.7 Å². The molecule has 0 aliphatic carbocycles. The summed E-state index contributed by atoms with van der Waals surface area (Å²) in [5.41, 5.74) is 4.90. The van der Waals surface area contributed by atoms with Crippen LogP contribution in [0.5, 0.6) is 0 Å². The maximum Gasteiger partial charge on any atom is 0.248 e. The summed E-state index contributed by atoms with van der Waals surface area (Å²) in [6.07, 6.45) is 0.977. The second-order valence-electron chi connectivity index (χ2n) is 10.0. The zero-order valence-corrected chi connectivity index (χ0v) is 22.5. The van der Waals surface area contributed by atoms with Crippen molar-refractivity contribution in [3.05, 3.63) is 93.2 Å². The van der Waals surface area contributed by atoms with Crippen LogP contribution in [0.1, 0.15) is 40.1 Å². The minimum absolute atomic E-state index is 0.0174. The first-order chi connectivity index (χ1) is 18.0. The number of nitrogens with zero attached hydrogens (tertiary/aromatic N) is 3. The van der Waals surface area contributed by atoms with Crippen molar-refractivity contribution in [3.8, 4) is 0 Å². The van der Waals surface area contributed by atoms with Crippen LogP contribution in [-0.4, -0.2) is 71.9 Å². The summed E-state index contributed by atoms with van der Waals surface area (Å²) < 4.78 is 5.67. The number of carbonyl (C=O) groups excluding carboxylic acids is 2. The molecule has 0 unspecified atom stereocenters. The van der Waals surface area contributed by atoms with E-state index in [9.17, 15) is 9.59 Å². The minimum Gasteiger partial charge on any atom is -0.367 e. The quantitative estimate of drug-likeness (QED) is 0.470. The molecular formula is C30H35N3O3S. The lowest BCUT2D eigenvalue weighted by atomic mass is 9.90. The molecule has 5 rings (SSSR count). The third-order valence-electron chi connectivity index (χ3n) is 7.52. The van der Waals surface area contributed by atoms with E-state index in [0.29, 0.717) is 32.8 Å². The molecule has 3 heterocycles. The summed E-state index contributed by atoms with van der Waals surface area (Å²) in [4.78, 5) is 33.8. The summed E-state index contributed by atoms with van der Waals surface area (Å²) in [6.45, 7) is 7.54. The Morgan fingerprint density at radius 3 is 2.51 bits per heavy atom. The molecule has 7 heteroatoms. The van der Waals surface area contributed by atoms with Crippen molar-refractivity contribution in [2.24, 2.45) is 0 Å². The van der Waals surface area contributed by atoms with Crippen LogP contribution in [0.15, 0.2) is 66.0 Å². The highest BCUT2D eigenvalue weighted by Crippen LogP contribution is 2.38. The van der Waals surface area contributed by atoms with Gasteiger partial charge < -0.3 is 14.5 Å². The number of rotatable bonds is 7. The van der Waals surface area contributed by atoms with Crippen molar-refractivity contribution < 1.29 is 14.3 Å². The van der Waals surface area contributed by atoms with E-state index >= 15 is 0 Å². The number of fused-ring (bicyclic) bond motifs is 1. The highest BCUT2D eigenvalue weighted by molar-refractivity contribution is 7.10. The van der Waals surface area contributed by atoms with Gasteiger partial charge in [-0.2, -0.15) is 0 Å². The smallest absolute Gasteiger partial charge is 0.248 e. The van der Waals surface area contributed by atoms with E-state index in [1.165, 1.54) is 21.6 Å². The largest absolute Gasteiger partial charge is 0.367 e. The van der Waals surface area contributed by atoms with Gasteiger partial charge in [0.2, 0.25) is 11.8 Å². The third kappa shape index (κ3) is 5.79. The first-order valence-electron chi connectivity index (χ1n) is 13.1. The number of amides is 2. The summed E-state index contributed by atoms with van der Waals surface area (Å²) in [5, 5.41) is 2.17. The molecule has 2 aliphatic rings. The summed E-state index contributed by atoms with van der Waals surface area (Å²) in [5.74, 6) is 0.118. The number of aryl methyl sites for hydroxylation is 1. The van der Waals surface area contributed by atoms with E-state index in [4.69, 9.17) is 4.74 Å². The number of benzene rings is 2. The Morgan fingerprint density at radius 1 is 0.946 bits per heavy atom. The van der Waals surface area contributed by atoms with Crippen LogP contribution in [0.2, 0.25) is 0 Å². The Labute approximate surface area is 223 Å². The fourth-order valence-electron chi connectivity index (χ4n) is 5.54. The molecule has 1 fully saturated rings. The van der Waals surface area contributed by atoms with Crippen molar-refractivity contribution in [3.63, 3.8) is 0 Å². The van der Waals surface area contributed by atoms with Crippen LogP contribution in [0, 0.1) is 6.92 Å². The maximum absolute atomic E-state index is 13.5. The molecule has 194 valence electrons. The van der Waals surface area contributed by atoms with Crippen LogP contribution in [-0.2, 0) is 27.4 Å². The zero-order chi connectivity index (χ0) is 25.8. The first kappa shape index (κ1) is 25.6. The SMILES string of the molecule is Cc1ccccc1[C@@H]1c2ccsc2CCN1CC(=O)N1CCN(C(=O)COCc2ccccc2)[C@H](C)C1. The molecular weight excluding hydrogens is 482 g/mol. The number of hydrogen-bond donors (Lipinski definition) is 0. The van der Waals surface area contributed by atoms with Gasteiger partial charge in [-0.1, -0.05) is 54.6 Å². The fourth-order valence-corrected chi connectivity index (χ4v) is 6.44. The Balaban J connectivity index is 1.19. The van der Waals surface area contributed by atoms with Crippen molar-refractivity contribution in [2.75, 3.05) is 39.3 Å². The topological polar surface area (TPSA) is 53.1 Å². The van der Waals surface area contributed by atoms with Gasteiger partial charge in [0, 0.05) is 37.1 Å². The fraction of sp³-hybridized carbons (Fsp3) is 0.400. The van der Waals surface area contributed by atoms with Gasteiger partial charge in [0.15, 0.2) is 0 Å². The van der Waals surface area contributed by atoms with Crippen molar-refractivity contribution >= 4 is 23.2 Å². The van der Waals surface area contributed by atoms with Crippen LogP contribution in [0.25, 0.3) is 0 Å². The summed E-state index contributed by atoms with van der Waals surface area (Å²) >= 11 is 1.82. The van der Waals surface area contributed by atoms with Gasteiger partial charge in [-0.25, -0.2) is 0 Å². The van der Waals surface area contributed by atoms with E-state index < -0.39 is 0 Å². The molecule has 37 heavy (non-hydrogen) atoms. The number of hydrogen-bond acceptors (Lipinski definition) is 5. The molecule has 2 atom stereocenters. The van der Waals surface area contributed by atoms with Gasteiger partial charge in [-0.3, -0.25) is 14.5 Å². The van der Waals surface area contributed by atoms with E-state index in [2.05, 4.69) is 47.5 Å². The normalized spacial score (nSPS) is 20.1. The molecule has 0 N–H and O–H groups in total. The zero-order valence-electron chi connectivity index (χ0n) is 21.6. The number of piperazine rings is 1. The van der Waals surface area contributed by atoms with Gasteiger partial charge in [-0.05, 0) is 54.0 Å². The second-order valence-corrected chi connectivity index (χ2v) is 11.0. The van der Waals surface area contributed by atoms with Crippen LogP contribution >= 0.6 is 11.3 Å². The van der Waals surface area contributed by atoms with Crippen LogP contribution < -0.4 is 0 Å². The molecule has 2 amide bonds. The molecule has 0 saturated carbocycles. The predicted molar refractivity (Wildman–Crippen MR) is 146 cm³/mol. The number of ether oxygens (including phenoxy) is 1. The first-order valence-corrected chi connectivity index (χ1v) is 13.9. The van der Waals surface area contributed by atoms with Crippen molar-refractivity contribution in [2.45, 2.75) is 39.0 Å². The molecule has 0 radical (unpaired) electrons. The molecule has 1 aromatic heterocycles. The second kappa shape index (κ2) is 11.6. The minimum atomic E-state index is -0.0393. The van der Waals surface area contributed by atoms with Gasteiger partial charge in [0.25, 0.3) is 0 Å². The molecule has 2 aliphatic heterocycles. The summed E-state index contributed by atoms with van der Waals surface area (Å²) in [7, 11) is 0. The van der Waals surface area contributed by atoms with E-state index in [1.807, 2.05) is 58.4 Å². The number of thiophene rings is 1. The van der Waals surface area contributed by atoms with Crippen LogP contribution in [0.3, 0.4) is 0 Å². The molecule has 3 aromatic rings. The standard InChI is InChI=1S/C30H35N3O3S/c1-22-8-6-7-11-25(22)30-26-13-17-37-27(26)12-14-32(30)19-28(34)31-15-16-33(23(2)18-31)29(35)21-36-20-24-9-4-3-5-10-24/h3-11,13,17,23,30H,12,14-16,18-21H2,1-2H3/t23-,30-/m1/s1. The average Bonchev–Trinajstić information content (AvgIpc) is 3.38. The Bertz CT molecular complexity index is 1230. The van der Waals surface area contributed by atoms with E-state index in [0.717, 1.165) is 18.5 Å². The lowest BCUT2D eigenvalue weighted by Crippen LogP contribution is -2.57. The van der Waals surface area contributed by atoms with Gasteiger partial charge in [0.1, 0.15) is 6.61 Å². The van der Waals surface area contributed by atoms with Gasteiger partial charge in [0.05, 0.1) is 19.2 Å². The molecule has 6 nitrogen and oxygen atoms in total. The monoisotopic (exact) mass is 517 g/mol. The highest BCUT2D eigenvalue weighted by Gasteiger charge is 2.34. The van der Waals surface area contributed by atoms with Gasteiger partial charge >= 0.3 is 0 Å². The predicted octanol–water partition coefficient (Wildman–Crippen LogP) is 4.28. The molecule has 0 bridgehead atoms. The van der Waals surface area contributed by atoms with E-state index in [1.54, 1.807) is 0 Å². The Kier molecular flexibility index (Phi) is 8.03. The Morgan fingerprint density at radius 2 is 1.73 bits per heavy atom. The molecule has 1 saturated heterocycles. The van der Waals surface area contributed by atoms with E-state index in [-0.39, 0.29) is 30.5 Å². The maximum atomic E-state index is 13.5. The third-order valence-corrected chi connectivity index (χ3v) is 8.52. The lowest BCUT2D eigenvalue weighted by Gasteiger charge is -2.42. The van der Waals surface area contributed by atoms with Gasteiger partial charge in [-0.15, -0.1) is 11.3 Å². The Hall–Kier alpha value is -3.00. The summed E-state index contributed by atoms with van der Waals surface area (Å²) in [6, 6.07) is 20.6. The highest BCUT2D eigenvalue weighted by atomic mass is 32.1. The number of carbonyl (C=O) groups is 2. The molecule has 0 spiro atoms. The molecule has 2 aromatic carbocycles. The lowest BCUT2D eigenvalue weighted by molar-refractivity contribution is -0.146. The van der Waals surface area contributed by atoms with Crippen molar-refractivity contribution in [1.29, 1.82) is 0 Å².